The molecule has 5 nitrogen and oxygen atoms in total. The van der Waals surface area contributed by atoms with E-state index in [9.17, 15) is 0 Å². The number of aliphatic hydroxyl groups excluding tert-OH is 1. The number of nitrogens with zero attached hydrogens (tertiary/aromatic N) is 3. The highest BCUT2D eigenvalue weighted by atomic mass is 16.3. The van der Waals surface area contributed by atoms with E-state index in [-0.39, 0.29) is 6.61 Å². The number of hydrogen-bond acceptors (Lipinski definition) is 4. The lowest BCUT2D eigenvalue weighted by atomic mass is 10.0. The van der Waals surface area contributed by atoms with Crippen LogP contribution in [0, 0.1) is 0 Å². The summed E-state index contributed by atoms with van der Waals surface area (Å²) in [7, 11) is 0. The maximum atomic E-state index is 8.80. The summed E-state index contributed by atoms with van der Waals surface area (Å²) in [6.07, 6.45) is 1.84. The molecule has 1 aromatic carbocycles. The Morgan fingerprint density at radius 3 is 2.63 bits per heavy atom. The SMILES string of the molecule is CC(C)c1ccc(NCc2cn(CCO)nn2)cc1. The van der Waals surface area contributed by atoms with Crippen LogP contribution < -0.4 is 5.32 Å². The molecule has 19 heavy (non-hydrogen) atoms. The van der Waals surface area contributed by atoms with Gasteiger partial charge in [-0.2, -0.15) is 0 Å². The molecule has 0 fully saturated rings. The van der Waals surface area contributed by atoms with E-state index < -0.39 is 0 Å². The Morgan fingerprint density at radius 2 is 2.00 bits per heavy atom. The zero-order chi connectivity index (χ0) is 13.7. The van der Waals surface area contributed by atoms with Crippen molar-refractivity contribution in [1.82, 2.24) is 15.0 Å². The second kappa shape index (κ2) is 6.33. The van der Waals surface area contributed by atoms with Crippen LogP contribution >= 0.6 is 0 Å². The third-order valence-electron chi connectivity index (χ3n) is 2.97. The standard InChI is InChI=1S/C14H20N4O/c1-11(2)12-3-5-13(6-4-12)15-9-14-10-18(7-8-19)17-16-14/h3-6,10-11,15,19H,7-9H2,1-2H3. The first kappa shape index (κ1) is 13.5. The summed E-state index contributed by atoms with van der Waals surface area (Å²) in [6, 6.07) is 8.42. The van der Waals surface area contributed by atoms with Crippen LogP contribution in [0.1, 0.15) is 31.0 Å². The molecule has 0 spiro atoms. The van der Waals surface area contributed by atoms with Gasteiger partial charge in [-0.1, -0.05) is 31.2 Å². The second-order valence-corrected chi connectivity index (χ2v) is 4.83. The molecule has 0 saturated carbocycles. The fraction of sp³-hybridized carbons (Fsp3) is 0.429. The molecule has 2 N–H and O–H groups in total. The monoisotopic (exact) mass is 260 g/mol. The quantitative estimate of drug-likeness (QED) is 0.834. The van der Waals surface area contributed by atoms with Crippen molar-refractivity contribution in [3.05, 3.63) is 41.7 Å². The fourth-order valence-electron chi connectivity index (χ4n) is 1.81. The second-order valence-electron chi connectivity index (χ2n) is 4.83. The molecule has 2 rings (SSSR count). The van der Waals surface area contributed by atoms with Crippen molar-refractivity contribution in [1.29, 1.82) is 0 Å². The van der Waals surface area contributed by atoms with Crippen LogP contribution in [-0.2, 0) is 13.1 Å². The Balaban J connectivity index is 1.90. The summed E-state index contributed by atoms with van der Waals surface area (Å²) >= 11 is 0. The molecule has 0 radical (unpaired) electrons. The largest absolute Gasteiger partial charge is 0.394 e. The van der Waals surface area contributed by atoms with Gasteiger partial charge < -0.3 is 10.4 Å². The van der Waals surface area contributed by atoms with Crippen molar-refractivity contribution in [3.63, 3.8) is 0 Å². The van der Waals surface area contributed by atoms with E-state index in [1.54, 1.807) is 4.68 Å². The molecule has 1 aromatic heterocycles. The summed E-state index contributed by atoms with van der Waals surface area (Å²) < 4.78 is 1.64. The Hall–Kier alpha value is -1.88. The molecule has 0 aliphatic heterocycles. The van der Waals surface area contributed by atoms with Gasteiger partial charge in [0, 0.05) is 5.69 Å². The number of aliphatic hydroxyl groups is 1. The van der Waals surface area contributed by atoms with E-state index in [1.165, 1.54) is 5.56 Å². The molecule has 0 unspecified atom stereocenters. The third kappa shape index (κ3) is 3.79. The minimum Gasteiger partial charge on any atom is -0.394 e. The van der Waals surface area contributed by atoms with Crippen molar-refractivity contribution in [2.24, 2.45) is 0 Å². The highest BCUT2D eigenvalue weighted by Crippen LogP contribution is 2.17. The van der Waals surface area contributed by atoms with Crippen LogP contribution in [0.5, 0.6) is 0 Å². The number of aromatic nitrogens is 3. The highest BCUT2D eigenvalue weighted by Gasteiger charge is 2.01. The Kier molecular flexibility index (Phi) is 4.52. The van der Waals surface area contributed by atoms with Crippen LogP contribution in [0.2, 0.25) is 0 Å². The fourth-order valence-corrected chi connectivity index (χ4v) is 1.81. The van der Waals surface area contributed by atoms with E-state index in [2.05, 4.69) is 53.7 Å². The van der Waals surface area contributed by atoms with Crippen molar-refractivity contribution in [3.8, 4) is 0 Å². The predicted molar refractivity (Wildman–Crippen MR) is 75.0 cm³/mol. The zero-order valence-corrected chi connectivity index (χ0v) is 11.4. The Bertz CT molecular complexity index is 504. The first-order valence-corrected chi connectivity index (χ1v) is 6.52. The molecule has 0 bridgehead atoms. The topological polar surface area (TPSA) is 63.0 Å². The van der Waals surface area contributed by atoms with Gasteiger partial charge in [0.2, 0.25) is 0 Å². The summed E-state index contributed by atoms with van der Waals surface area (Å²) in [4.78, 5) is 0. The van der Waals surface area contributed by atoms with Gasteiger partial charge in [-0.25, -0.2) is 4.68 Å². The van der Waals surface area contributed by atoms with E-state index in [0.29, 0.717) is 19.0 Å². The molecule has 0 aliphatic carbocycles. The first-order chi connectivity index (χ1) is 9.19. The van der Waals surface area contributed by atoms with Crippen LogP contribution in [0.4, 0.5) is 5.69 Å². The van der Waals surface area contributed by atoms with Gasteiger partial charge in [-0.05, 0) is 23.6 Å². The van der Waals surface area contributed by atoms with Gasteiger partial charge in [0.15, 0.2) is 0 Å². The van der Waals surface area contributed by atoms with Gasteiger partial charge in [-0.3, -0.25) is 0 Å². The van der Waals surface area contributed by atoms with Crippen LogP contribution in [0.3, 0.4) is 0 Å². The van der Waals surface area contributed by atoms with Gasteiger partial charge in [0.25, 0.3) is 0 Å². The predicted octanol–water partition coefficient (Wildman–Crippen LogP) is 2.01. The molecule has 0 saturated heterocycles. The van der Waals surface area contributed by atoms with Gasteiger partial charge in [0.1, 0.15) is 5.69 Å². The Labute approximate surface area is 113 Å². The molecule has 0 aliphatic rings. The van der Waals surface area contributed by atoms with Gasteiger partial charge >= 0.3 is 0 Å². The minimum atomic E-state index is 0.0763. The molecule has 0 atom stereocenters. The third-order valence-corrected chi connectivity index (χ3v) is 2.97. The lowest BCUT2D eigenvalue weighted by Crippen LogP contribution is -2.02. The van der Waals surface area contributed by atoms with Gasteiger partial charge in [0.05, 0.1) is 25.9 Å². The van der Waals surface area contributed by atoms with Crippen LogP contribution in [0.25, 0.3) is 0 Å². The average molecular weight is 260 g/mol. The van der Waals surface area contributed by atoms with Crippen molar-refractivity contribution in [2.45, 2.75) is 32.9 Å². The molecular formula is C14H20N4O. The van der Waals surface area contributed by atoms with E-state index in [4.69, 9.17) is 5.11 Å². The lowest BCUT2D eigenvalue weighted by molar-refractivity contribution is 0.268. The number of rotatable bonds is 6. The van der Waals surface area contributed by atoms with Crippen LogP contribution in [0.15, 0.2) is 30.5 Å². The zero-order valence-electron chi connectivity index (χ0n) is 11.4. The number of anilines is 1. The maximum Gasteiger partial charge on any atom is 0.102 e. The molecule has 2 aromatic rings. The molecule has 0 amide bonds. The van der Waals surface area contributed by atoms with Gasteiger partial charge in [-0.15, -0.1) is 5.10 Å². The normalized spacial score (nSPS) is 10.9. The summed E-state index contributed by atoms with van der Waals surface area (Å²) in [5, 5.41) is 20.1. The maximum absolute atomic E-state index is 8.80. The lowest BCUT2D eigenvalue weighted by Gasteiger charge is -2.08. The van der Waals surface area contributed by atoms with E-state index in [1.807, 2.05) is 6.20 Å². The Morgan fingerprint density at radius 1 is 1.26 bits per heavy atom. The van der Waals surface area contributed by atoms with Crippen molar-refractivity contribution >= 4 is 5.69 Å². The van der Waals surface area contributed by atoms with Crippen LogP contribution in [-0.4, -0.2) is 26.7 Å². The van der Waals surface area contributed by atoms with Crippen molar-refractivity contribution in [2.75, 3.05) is 11.9 Å². The first-order valence-electron chi connectivity index (χ1n) is 6.52. The van der Waals surface area contributed by atoms with Crippen molar-refractivity contribution < 1.29 is 5.11 Å². The molecular weight excluding hydrogens is 240 g/mol. The molecule has 5 heteroatoms. The van der Waals surface area contributed by atoms with E-state index >= 15 is 0 Å². The molecule has 1 heterocycles. The molecule has 102 valence electrons. The average Bonchev–Trinajstić information content (AvgIpc) is 2.85. The summed E-state index contributed by atoms with van der Waals surface area (Å²) in [5.41, 5.74) is 3.27. The minimum absolute atomic E-state index is 0.0763. The number of hydrogen-bond donors (Lipinski definition) is 2. The summed E-state index contributed by atoms with van der Waals surface area (Å²) in [6.45, 7) is 5.55. The highest BCUT2D eigenvalue weighted by molar-refractivity contribution is 5.45. The summed E-state index contributed by atoms with van der Waals surface area (Å²) in [5.74, 6) is 0.549. The number of nitrogens with one attached hydrogen (secondary N) is 1. The van der Waals surface area contributed by atoms with E-state index in [0.717, 1.165) is 11.4 Å². The number of benzene rings is 1. The smallest absolute Gasteiger partial charge is 0.102 e.